The number of carboxylic acids is 2. The van der Waals surface area contributed by atoms with Crippen LogP contribution in [-0.2, 0) is 24.0 Å². The first-order valence-corrected chi connectivity index (χ1v) is 10.5. The summed E-state index contributed by atoms with van der Waals surface area (Å²) in [6, 6.07) is -4.90. The lowest BCUT2D eigenvalue weighted by atomic mass is 9.97. The molecule has 0 aliphatic heterocycles. The number of guanidine groups is 1. The Morgan fingerprint density at radius 1 is 0.939 bits per heavy atom. The molecule has 0 aromatic rings. The Bertz CT molecular complexity index is 740. The quantitative estimate of drug-likeness (QED) is 0.0701. The fourth-order valence-corrected chi connectivity index (χ4v) is 2.63. The molecule has 188 valence electrons. The Hall–Kier alpha value is -3.42. The van der Waals surface area contributed by atoms with Crippen molar-refractivity contribution in [3.8, 4) is 0 Å². The third kappa shape index (κ3) is 11.7. The van der Waals surface area contributed by atoms with Crippen LogP contribution in [0.2, 0.25) is 0 Å². The molecule has 3 amide bonds. The van der Waals surface area contributed by atoms with Crippen LogP contribution in [-0.4, -0.2) is 76.5 Å². The number of carbonyl (C=O) groups excluding carboxylic acids is 3. The van der Waals surface area contributed by atoms with E-state index in [-0.39, 0.29) is 18.9 Å². The molecule has 0 aromatic carbocycles. The molecule has 11 N–H and O–H groups in total. The van der Waals surface area contributed by atoms with Gasteiger partial charge in [0.2, 0.25) is 17.7 Å². The summed E-state index contributed by atoms with van der Waals surface area (Å²) in [5.74, 6) is -5.56. The van der Waals surface area contributed by atoms with Gasteiger partial charge >= 0.3 is 11.9 Å². The van der Waals surface area contributed by atoms with Gasteiger partial charge in [0.15, 0.2) is 5.96 Å². The van der Waals surface area contributed by atoms with Gasteiger partial charge in [-0.25, -0.2) is 0 Å². The van der Waals surface area contributed by atoms with Crippen LogP contribution in [0.25, 0.3) is 0 Å². The molecule has 14 nitrogen and oxygen atoms in total. The number of nitrogens with two attached hydrogens (primary N) is 3. The number of hydrogen-bond acceptors (Lipinski definition) is 7. The van der Waals surface area contributed by atoms with E-state index in [2.05, 4.69) is 20.9 Å². The maximum absolute atomic E-state index is 12.8. The van der Waals surface area contributed by atoms with Crippen LogP contribution in [0, 0.1) is 5.92 Å². The number of nitrogens with zero attached hydrogens (tertiary/aromatic N) is 1. The van der Waals surface area contributed by atoms with Gasteiger partial charge in [0.25, 0.3) is 0 Å². The summed E-state index contributed by atoms with van der Waals surface area (Å²) in [5, 5.41) is 25.1. The molecule has 0 spiro atoms. The third-order valence-electron chi connectivity index (χ3n) is 4.84. The number of nitrogens with one attached hydrogen (secondary N) is 3. The number of carboxylic acid groups (broad SMARTS) is 2. The summed E-state index contributed by atoms with van der Waals surface area (Å²) >= 11 is 0. The Balaban J connectivity index is 5.31. The number of aliphatic imine (C=N–C) groups is 1. The molecule has 0 fully saturated rings. The maximum Gasteiger partial charge on any atom is 0.325 e. The van der Waals surface area contributed by atoms with Crippen molar-refractivity contribution in [3.63, 3.8) is 0 Å². The minimum atomic E-state index is -1.50. The normalized spacial score (nSPS) is 15.2. The Morgan fingerprint density at radius 2 is 1.55 bits per heavy atom. The molecule has 0 saturated heterocycles. The van der Waals surface area contributed by atoms with E-state index in [4.69, 9.17) is 27.4 Å². The molecule has 14 heteroatoms. The van der Waals surface area contributed by atoms with Crippen LogP contribution >= 0.6 is 0 Å². The van der Waals surface area contributed by atoms with Crippen molar-refractivity contribution in [3.05, 3.63) is 0 Å². The zero-order chi connectivity index (χ0) is 25.7. The second kappa shape index (κ2) is 14.6. The number of hydrogen-bond donors (Lipinski definition) is 8. The average molecular weight is 474 g/mol. The first-order valence-electron chi connectivity index (χ1n) is 10.5. The highest BCUT2D eigenvalue weighted by molar-refractivity contribution is 5.95. The number of rotatable bonds is 15. The minimum absolute atomic E-state index is 0.108. The molecular weight excluding hydrogens is 438 g/mol. The summed E-state index contributed by atoms with van der Waals surface area (Å²) in [6.07, 6.45) is 0.254. The van der Waals surface area contributed by atoms with Crippen molar-refractivity contribution < 1.29 is 34.2 Å². The van der Waals surface area contributed by atoms with E-state index < -0.39 is 66.2 Å². The van der Waals surface area contributed by atoms with Gasteiger partial charge in [-0.15, -0.1) is 0 Å². The summed E-state index contributed by atoms with van der Waals surface area (Å²) < 4.78 is 0. The summed E-state index contributed by atoms with van der Waals surface area (Å²) in [5.41, 5.74) is 16.2. The summed E-state index contributed by atoms with van der Waals surface area (Å²) in [7, 11) is 0. The Kier molecular flexibility index (Phi) is 13.1. The van der Waals surface area contributed by atoms with Gasteiger partial charge in [-0.3, -0.25) is 29.0 Å². The van der Waals surface area contributed by atoms with Crippen LogP contribution in [0.3, 0.4) is 0 Å². The van der Waals surface area contributed by atoms with Gasteiger partial charge in [-0.05, 0) is 25.7 Å². The van der Waals surface area contributed by atoms with E-state index in [1.165, 1.54) is 6.92 Å². The van der Waals surface area contributed by atoms with Gasteiger partial charge in [-0.2, -0.15) is 0 Å². The molecular formula is C19H35N7O7. The van der Waals surface area contributed by atoms with Crippen LogP contribution < -0.4 is 33.2 Å². The molecule has 0 bridgehead atoms. The smallest absolute Gasteiger partial charge is 0.325 e. The summed E-state index contributed by atoms with van der Waals surface area (Å²) in [4.78, 5) is 63.6. The van der Waals surface area contributed by atoms with Crippen LogP contribution in [0.5, 0.6) is 0 Å². The largest absolute Gasteiger partial charge is 0.481 e. The van der Waals surface area contributed by atoms with Crippen molar-refractivity contribution in [2.75, 3.05) is 6.54 Å². The molecule has 33 heavy (non-hydrogen) atoms. The lowest BCUT2D eigenvalue weighted by Gasteiger charge is -2.27. The van der Waals surface area contributed by atoms with Crippen molar-refractivity contribution in [2.45, 2.75) is 70.6 Å². The fourth-order valence-electron chi connectivity index (χ4n) is 2.63. The van der Waals surface area contributed by atoms with Gasteiger partial charge in [0.1, 0.15) is 18.1 Å². The monoisotopic (exact) mass is 473 g/mol. The van der Waals surface area contributed by atoms with Crippen molar-refractivity contribution in [1.29, 1.82) is 0 Å². The standard InChI is InChI=1S/C19H35N7O7/c1-4-9(2)14(17(31)24-10(3)18(32)33)26-16(30)12(8-13(27)28)25-15(29)11(20)6-5-7-23-19(21)22/h9-12,14H,4-8,20H2,1-3H3,(H,24,31)(H,25,29)(H,26,30)(H,27,28)(H,32,33)(H4,21,22,23). The molecule has 5 unspecified atom stereocenters. The molecule has 0 aliphatic carbocycles. The molecule has 5 atom stereocenters. The predicted molar refractivity (Wildman–Crippen MR) is 119 cm³/mol. The van der Waals surface area contributed by atoms with Crippen LogP contribution in [0.4, 0.5) is 0 Å². The van der Waals surface area contributed by atoms with E-state index >= 15 is 0 Å². The minimum Gasteiger partial charge on any atom is -0.481 e. The van der Waals surface area contributed by atoms with Gasteiger partial charge in [-0.1, -0.05) is 20.3 Å². The Morgan fingerprint density at radius 3 is 2.03 bits per heavy atom. The van der Waals surface area contributed by atoms with Gasteiger partial charge in [0.05, 0.1) is 12.5 Å². The van der Waals surface area contributed by atoms with E-state index in [0.717, 1.165) is 0 Å². The van der Waals surface area contributed by atoms with E-state index in [1.54, 1.807) is 13.8 Å². The highest BCUT2D eigenvalue weighted by atomic mass is 16.4. The van der Waals surface area contributed by atoms with Crippen LogP contribution in [0.1, 0.15) is 46.5 Å². The van der Waals surface area contributed by atoms with E-state index in [0.29, 0.717) is 12.8 Å². The Labute approximate surface area is 191 Å². The number of aliphatic carboxylic acids is 2. The highest BCUT2D eigenvalue weighted by Gasteiger charge is 2.32. The second-order valence-corrected chi connectivity index (χ2v) is 7.65. The highest BCUT2D eigenvalue weighted by Crippen LogP contribution is 2.10. The predicted octanol–water partition coefficient (Wildman–Crippen LogP) is -2.55. The van der Waals surface area contributed by atoms with Crippen molar-refractivity contribution in [2.24, 2.45) is 28.1 Å². The number of amides is 3. The zero-order valence-electron chi connectivity index (χ0n) is 19.0. The molecule has 0 radical (unpaired) electrons. The topological polar surface area (TPSA) is 252 Å². The average Bonchev–Trinajstić information content (AvgIpc) is 2.72. The molecule has 0 aliphatic rings. The number of carbonyl (C=O) groups is 5. The molecule has 0 aromatic heterocycles. The van der Waals surface area contributed by atoms with Gasteiger partial charge in [0, 0.05) is 6.54 Å². The second-order valence-electron chi connectivity index (χ2n) is 7.65. The molecule has 0 rings (SSSR count). The zero-order valence-corrected chi connectivity index (χ0v) is 19.0. The SMILES string of the molecule is CCC(C)C(NC(=O)C(CC(=O)O)NC(=O)C(N)CCCN=C(N)N)C(=O)NC(C)C(=O)O. The van der Waals surface area contributed by atoms with Crippen molar-refractivity contribution >= 4 is 35.6 Å². The maximum atomic E-state index is 12.8. The first kappa shape index (κ1) is 29.6. The van der Waals surface area contributed by atoms with E-state index in [9.17, 15) is 24.0 Å². The van der Waals surface area contributed by atoms with Crippen LogP contribution in [0.15, 0.2) is 4.99 Å². The fraction of sp³-hybridized carbons (Fsp3) is 0.684. The molecule has 0 saturated carbocycles. The molecule has 0 heterocycles. The van der Waals surface area contributed by atoms with Crippen molar-refractivity contribution in [1.82, 2.24) is 16.0 Å². The van der Waals surface area contributed by atoms with E-state index in [1.807, 2.05) is 0 Å². The lowest BCUT2D eigenvalue weighted by molar-refractivity contribution is -0.143. The van der Waals surface area contributed by atoms with Gasteiger partial charge < -0.3 is 43.4 Å². The summed E-state index contributed by atoms with van der Waals surface area (Å²) in [6.45, 7) is 4.92. The lowest BCUT2D eigenvalue weighted by Crippen LogP contribution is -2.58. The third-order valence-corrected chi connectivity index (χ3v) is 4.84. The first-order chi connectivity index (χ1) is 15.3.